The van der Waals surface area contributed by atoms with Crippen molar-refractivity contribution in [1.29, 1.82) is 0 Å². The summed E-state index contributed by atoms with van der Waals surface area (Å²) in [5.74, 6) is 1.01. The van der Waals surface area contributed by atoms with Gasteiger partial charge in [0.25, 0.3) is 0 Å². The van der Waals surface area contributed by atoms with E-state index >= 15 is 0 Å². The first-order valence-electron chi connectivity index (χ1n) is 8.25. The number of anilines is 1. The molecule has 4 rings (SSSR count). The zero-order chi connectivity index (χ0) is 16.8. The van der Waals surface area contributed by atoms with Gasteiger partial charge in [-0.15, -0.1) is 0 Å². The molecule has 8 heteroatoms. The number of hydrogen-bond acceptors (Lipinski definition) is 6. The molecular weight excluding hydrogens is 324 g/mol. The fourth-order valence-corrected chi connectivity index (χ4v) is 4.57. The first-order valence-corrected chi connectivity index (χ1v) is 9.06. The van der Waals surface area contributed by atoms with Crippen molar-refractivity contribution in [2.24, 2.45) is 20.0 Å². The number of nitrogens with zero attached hydrogens (tertiary/aromatic N) is 6. The van der Waals surface area contributed by atoms with Gasteiger partial charge in [0.15, 0.2) is 10.8 Å². The largest absolute Gasteiger partial charge is 0.385 e. The fourth-order valence-electron chi connectivity index (χ4n) is 3.49. The minimum atomic E-state index is -0.492. The van der Waals surface area contributed by atoms with Crippen LogP contribution >= 0.6 is 11.3 Å². The van der Waals surface area contributed by atoms with E-state index in [2.05, 4.69) is 15.0 Å². The lowest BCUT2D eigenvalue weighted by Gasteiger charge is -2.33. The monoisotopic (exact) mass is 346 g/mol. The number of rotatable bonds is 3. The number of hydrogen-bond donors (Lipinski definition) is 1. The minimum Gasteiger partial charge on any atom is -0.385 e. The lowest BCUT2D eigenvalue weighted by atomic mass is 9.91. The van der Waals surface area contributed by atoms with Crippen LogP contribution in [0.15, 0.2) is 12.4 Å². The molecule has 1 saturated heterocycles. The number of fused-ring (bicyclic) bond motifs is 1. The van der Waals surface area contributed by atoms with E-state index in [-0.39, 0.29) is 5.92 Å². The van der Waals surface area contributed by atoms with E-state index < -0.39 is 6.10 Å². The van der Waals surface area contributed by atoms with Crippen molar-refractivity contribution in [3.8, 4) is 0 Å². The molecule has 1 aliphatic heterocycles. The summed E-state index contributed by atoms with van der Waals surface area (Å²) in [6, 6.07) is 0. The lowest BCUT2D eigenvalue weighted by Crippen LogP contribution is -2.36. The van der Waals surface area contributed by atoms with Crippen LogP contribution in [-0.2, 0) is 14.1 Å². The molecule has 1 atom stereocenters. The average molecular weight is 346 g/mol. The molecule has 1 N–H and O–H groups in total. The molecular formula is C16H22N6OS. The molecule has 0 aliphatic carbocycles. The highest BCUT2D eigenvalue weighted by Crippen LogP contribution is 2.35. The van der Waals surface area contributed by atoms with Crippen LogP contribution in [0, 0.1) is 12.8 Å². The summed E-state index contributed by atoms with van der Waals surface area (Å²) in [6.07, 6.45) is 5.02. The van der Waals surface area contributed by atoms with Crippen LogP contribution in [-0.4, -0.2) is 42.5 Å². The molecule has 0 unspecified atom stereocenters. The maximum atomic E-state index is 10.6. The van der Waals surface area contributed by atoms with E-state index in [1.807, 2.05) is 36.5 Å². The van der Waals surface area contributed by atoms with Crippen LogP contribution in [0.25, 0.3) is 10.3 Å². The molecule has 0 spiro atoms. The van der Waals surface area contributed by atoms with Gasteiger partial charge in [-0.2, -0.15) is 5.10 Å². The second-order valence-electron chi connectivity index (χ2n) is 6.52. The van der Waals surface area contributed by atoms with Crippen molar-refractivity contribution >= 4 is 26.8 Å². The number of aryl methyl sites for hydroxylation is 3. The van der Waals surface area contributed by atoms with Crippen molar-refractivity contribution in [3.63, 3.8) is 0 Å². The molecule has 1 aliphatic rings. The molecule has 1 fully saturated rings. The van der Waals surface area contributed by atoms with Crippen molar-refractivity contribution in [2.45, 2.75) is 25.9 Å². The van der Waals surface area contributed by atoms with Gasteiger partial charge in [0.1, 0.15) is 11.9 Å². The second-order valence-corrected chi connectivity index (χ2v) is 7.50. The van der Waals surface area contributed by atoms with Gasteiger partial charge < -0.3 is 14.6 Å². The summed E-state index contributed by atoms with van der Waals surface area (Å²) in [4.78, 5) is 11.4. The van der Waals surface area contributed by atoms with E-state index in [1.54, 1.807) is 17.5 Å². The predicted molar refractivity (Wildman–Crippen MR) is 94.2 cm³/mol. The van der Waals surface area contributed by atoms with Crippen molar-refractivity contribution < 1.29 is 5.11 Å². The maximum Gasteiger partial charge on any atom is 0.188 e. The second kappa shape index (κ2) is 5.86. The quantitative estimate of drug-likeness (QED) is 0.785. The van der Waals surface area contributed by atoms with Crippen LogP contribution in [0.3, 0.4) is 0 Å². The third-order valence-corrected chi connectivity index (χ3v) is 6.13. The van der Waals surface area contributed by atoms with E-state index in [9.17, 15) is 5.11 Å². The molecule has 0 radical (unpaired) electrons. The topological polar surface area (TPSA) is 72.0 Å². The van der Waals surface area contributed by atoms with Gasteiger partial charge in [-0.1, -0.05) is 11.3 Å². The number of aliphatic hydroxyl groups excluding tert-OH is 1. The van der Waals surface area contributed by atoms with Crippen LogP contribution in [0.2, 0.25) is 0 Å². The van der Waals surface area contributed by atoms with E-state index in [0.29, 0.717) is 0 Å². The Hall–Kier alpha value is -1.93. The zero-order valence-corrected chi connectivity index (χ0v) is 15.0. The lowest BCUT2D eigenvalue weighted by molar-refractivity contribution is 0.0825. The standard InChI is InChI=1S/C16H22N6OS/c1-10-13-15(21(3)19-10)18-16(24-13)22-7-4-11(5-8-22)12(23)14-17-6-9-20(14)2/h6,9,11-12,23H,4-5,7-8H2,1-3H3/t12-/m0/s1. The van der Waals surface area contributed by atoms with E-state index in [1.165, 1.54) is 4.70 Å². The Morgan fingerprint density at radius 3 is 2.67 bits per heavy atom. The van der Waals surface area contributed by atoms with Crippen LogP contribution in [0.5, 0.6) is 0 Å². The SMILES string of the molecule is Cc1nn(C)c2nc(N3CCC([C@H](O)c4nccn4C)CC3)sc12. The van der Waals surface area contributed by atoms with Gasteiger partial charge in [0, 0.05) is 39.6 Å². The van der Waals surface area contributed by atoms with Crippen LogP contribution < -0.4 is 4.90 Å². The highest BCUT2D eigenvalue weighted by atomic mass is 32.1. The summed E-state index contributed by atoms with van der Waals surface area (Å²) >= 11 is 1.71. The van der Waals surface area contributed by atoms with Crippen molar-refractivity contribution in [3.05, 3.63) is 23.9 Å². The molecule has 0 aromatic carbocycles. The van der Waals surface area contributed by atoms with Crippen molar-refractivity contribution in [2.75, 3.05) is 18.0 Å². The third kappa shape index (κ3) is 2.50. The average Bonchev–Trinajstić information content (AvgIpc) is 3.26. The normalized spacial score (nSPS) is 17.8. The first-order chi connectivity index (χ1) is 11.5. The van der Waals surface area contributed by atoms with Gasteiger partial charge >= 0.3 is 0 Å². The molecule has 0 saturated carbocycles. The predicted octanol–water partition coefficient (Wildman–Crippen LogP) is 2.02. The number of thiazole rings is 1. The summed E-state index contributed by atoms with van der Waals surface area (Å²) in [5, 5.41) is 16.1. The van der Waals surface area contributed by atoms with Gasteiger partial charge in [-0.05, 0) is 25.7 Å². The Bertz CT molecular complexity index is 823. The number of aromatic nitrogens is 5. The minimum absolute atomic E-state index is 0.250. The summed E-state index contributed by atoms with van der Waals surface area (Å²) in [5.41, 5.74) is 2.00. The van der Waals surface area contributed by atoms with Crippen LogP contribution in [0.1, 0.15) is 30.5 Å². The Labute approximate surface area is 144 Å². The van der Waals surface area contributed by atoms with Crippen LogP contribution in [0.4, 0.5) is 5.13 Å². The summed E-state index contributed by atoms with van der Waals surface area (Å²) in [7, 11) is 3.87. The molecule has 24 heavy (non-hydrogen) atoms. The number of aliphatic hydroxyl groups is 1. The van der Waals surface area contributed by atoms with Gasteiger partial charge in [-0.25, -0.2) is 14.6 Å². The first kappa shape index (κ1) is 15.6. The maximum absolute atomic E-state index is 10.6. The third-order valence-electron chi connectivity index (χ3n) is 4.91. The molecule has 0 bridgehead atoms. The highest BCUT2D eigenvalue weighted by Gasteiger charge is 2.29. The number of piperidine rings is 1. The molecule has 4 heterocycles. The Kier molecular flexibility index (Phi) is 3.80. The smallest absolute Gasteiger partial charge is 0.188 e. The van der Waals surface area contributed by atoms with Gasteiger partial charge in [0.05, 0.1) is 10.4 Å². The summed E-state index contributed by atoms with van der Waals surface area (Å²) < 4.78 is 4.92. The van der Waals surface area contributed by atoms with Gasteiger partial charge in [-0.3, -0.25) is 0 Å². The van der Waals surface area contributed by atoms with E-state index in [4.69, 9.17) is 4.98 Å². The molecule has 128 valence electrons. The number of imidazole rings is 1. The zero-order valence-electron chi connectivity index (χ0n) is 14.2. The van der Waals surface area contributed by atoms with Crippen molar-refractivity contribution in [1.82, 2.24) is 24.3 Å². The van der Waals surface area contributed by atoms with Gasteiger partial charge in [0.2, 0.25) is 0 Å². The Morgan fingerprint density at radius 1 is 1.29 bits per heavy atom. The Balaban J connectivity index is 1.47. The summed E-state index contributed by atoms with van der Waals surface area (Å²) in [6.45, 7) is 3.86. The molecule has 7 nitrogen and oxygen atoms in total. The Morgan fingerprint density at radius 2 is 2.04 bits per heavy atom. The van der Waals surface area contributed by atoms with E-state index in [0.717, 1.165) is 48.2 Å². The molecule has 3 aromatic heterocycles. The molecule has 0 amide bonds. The fraction of sp³-hybridized carbons (Fsp3) is 0.562. The molecule has 3 aromatic rings. The highest BCUT2D eigenvalue weighted by molar-refractivity contribution is 7.22.